The highest BCUT2D eigenvalue weighted by Gasteiger charge is 2.15. The Morgan fingerprint density at radius 3 is 2.83 bits per heavy atom. The number of anilines is 2. The minimum atomic E-state index is -1.16. The molecule has 1 aromatic rings. The van der Waals surface area contributed by atoms with E-state index < -0.39 is 6.09 Å². The van der Waals surface area contributed by atoms with Gasteiger partial charge in [-0.15, -0.1) is 0 Å². The van der Waals surface area contributed by atoms with Gasteiger partial charge in [0.25, 0.3) is 5.91 Å². The maximum absolute atomic E-state index is 10.9. The van der Waals surface area contributed by atoms with Crippen molar-refractivity contribution in [3.8, 4) is 0 Å². The molecule has 0 fully saturated rings. The van der Waals surface area contributed by atoms with E-state index in [4.69, 9.17) is 16.7 Å². The predicted octanol–water partition coefficient (Wildman–Crippen LogP) is 2.47. The molecule has 0 aliphatic carbocycles. The van der Waals surface area contributed by atoms with Gasteiger partial charge in [-0.25, -0.2) is 4.79 Å². The van der Waals surface area contributed by atoms with Gasteiger partial charge in [0, 0.05) is 5.69 Å². The first kappa shape index (κ1) is 12.7. The smallest absolute Gasteiger partial charge is 0.409 e. The van der Waals surface area contributed by atoms with Crippen molar-refractivity contribution >= 4 is 51.9 Å². The molecular formula is C10H8ClN3O3S. The number of thioether (sulfide) groups is 1. The molecular weight excluding hydrogens is 278 g/mol. The number of amides is 2. The van der Waals surface area contributed by atoms with Crippen LogP contribution in [0.3, 0.4) is 0 Å². The summed E-state index contributed by atoms with van der Waals surface area (Å²) >= 11 is 7.27. The molecule has 0 atom stereocenters. The fourth-order valence-electron chi connectivity index (χ4n) is 1.30. The van der Waals surface area contributed by atoms with E-state index in [1.54, 1.807) is 12.1 Å². The normalized spacial score (nSPS) is 14.3. The van der Waals surface area contributed by atoms with E-state index in [2.05, 4.69) is 15.6 Å². The van der Waals surface area contributed by atoms with E-state index in [0.717, 1.165) is 0 Å². The van der Waals surface area contributed by atoms with Crippen LogP contribution in [0.5, 0.6) is 0 Å². The van der Waals surface area contributed by atoms with E-state index in [1.807, 2.05) is 0 Å². The summed E-state index contributed by atoms with van der Waals surface area (Å²) in [5.41, 5.74) is 0.934. The van der Waals surface area contributed by atoms with Gasteiger partial charge in [0.2, 0.25) is 0 Å². The summed E-state index contributed by atoms with van der Waals surface area (Å²) in [6.45, 7) is 0. The maximum Gasteiger partial charge on any atom is 0.409 e. The fourth-order valence-corrected chi connectivity index (χ4v) is 2.21. The van der Waals surface area contributed by atoms with Crippen LogP contribution >= 0.6 is 23.4 Å². The summed E-state index contributed by atoms with van der Waals surface area (Å²) in [4.78, 5) is 25.2. The van der Waals surface area contributed by atoms with Gasteiger partial charge in [0.1, 0.15) is 0 Å². The van der Waals surface area contributed by atoms with Crippen LogP contribution < -0.4 is 10.6 Å². The summed E-state index contributed by atoms with van der Waals surface area (Å²) in [7, 11) is 0. The first-order valence-corrected chi connectivity index (χ1v) is 6.22. The predicted molar refractivity (Wildman–Crippen MR) is 71.6 cm³/mol. The van der Waals surface area contributed by atoms with Gasteiger partial charge in [-0.1, -0.05) is 23.4 Å². The van der Waals surface area contributed by atoms with Crippen LogP contribution in [0.4, 0.5) is 16.2 Å². The van der Waals surface area contributed by atoms with Gasteiger partial charge in [-0.2, -0.15) is 4.99 Å². The molecule has 0 unspecified atom stereocenters. The van der Waals surface area contributed by atoms with E-state index in [0.29, 0.717) is 27.3 Å². The molecule has 0 spiro atoms. The van der Waals surface area contributed by atoms with Gasteiger partial charge in [0.15, 0.2) is 5.17 Å². The largest absolute Gasteiger partial charge is 0.465 e. The average Bonchev–Trinajstić information content (AvgIpc) is 2.67. The second-order valence-electron chi connectivity index (χ2n) is 3.35. The first-order valence-electron chi connectivity index (χ1n) is 4.85. The minimum absolute atomic E-state index is 0.192. The van der Waals surface area contributed by atoms with E-state index in [1.165, 1.54) is 17.8 Å². The number of carbonyl (C=O) groups excluding carboxylic acids is 1. The zero-order chi connectivity index (χ0) is 13.1. The molecule has 3 N–H and O–H groups in total. The fraction of sp³-hybridized carbons (Fsp3) is 0.100. The van der Waals surface area contributed by atoms with Crippen LogP contribution in [0.15, 0.2) is 23.2 Å². The van der Waals surface area contributed by atoms with Crippen LogP contribution in [0.25, 0.3) is 0 Å². The molecule has 2 amide bonds. The molecule has 18 heavy (non-hydrogen) atoms. The zero-order valence-corrected chi connectivity index (χ0v) is 10.5. The van der Waals surface area contributed by atoms with Crippen molar-refractivity contribution in [3.63, 3.8) is 0 Å². The molecule has 0 aromatic heterocycles. The van der Waals surface area contributed by atoms with Crippen LogP contribution in [-0.4, -0.2) is 28.0 Å². The number of amidine groups is 1. The third-order valence-electron chi connectivity index (χ3n) is 2.02. The summed E-state index contributed by atoms with van der Waals surface area (Å²) in [5.74, 6) is 0.126. The minimum Gasteiger partial charge on any atom is -0.465 e. The molecule has 94 valence electrons. The van der Waals surface area contributed by atoms with Crippen molar-refractivity contribution in [2.45, 2.75) is 0 Å². The quantitative estimate of drug-likeness (QED) is 0.776. The number of carbonyl (C=O) groups is 2. The Morgan fingerprint density at radius 1 is 1.50 bits per heavy atom. The third-order valence-corrected chi connectivity index (χ3v) is 3.19. The van der Waals surface area contributed by atoms with Crippen molar-refractivity contribution in [3.05, 3.63) is 23.2 Å². The van der Waals surface area contributed by atoms with Crippen molar-refractivity contribution in [1.29, 1.82) is 0 Å². The number of carboxylic acid groups (broad SMARTS) is 1. The number of hydrogen-bond donors (Lipinski definition) is 3. The van der Waals surface area contributed by atoms with Crippen molar-refractivity contribution < 1.29 is 14.7 Å². The van der Waals surface area contributed by atoms with Crippen molar-refractivity contribution in [2.75, 3.05) is 16.4 Å². The lowest BCUT2D eigenvalue weighted by atomic mass is 10.3. The highest BCUT2D eigenvalue weighted by Crippen LogP contribution is 2.27. The van der Waals surface area contributed by atoms with Crippen LogP contribution in [0.2, 0.25) is 5.02 Å². The molecule has 0 radical (unpaired) electrons. The zero-order valence-electron chi connectivity index (χ0n) is 8.94. The van der Waals surface area contributed by atoms with E-state index in [-0.39, 0.29) is 5.91 Å². The number of aliphatic imine (C=N–C) groups is 1. The summed E-state index contributed by atoms with van der Waals surface area (Å²) < 4.78 is 0. The highest BCUT2D eigenvalue weighted by atomic mass is 35.5. The highest BCUT2D eigenvalue weighted by molar-refractivity contribution is 8.15. The second kappa shape index (κ2) is 5.28. The van der Waals surface area contributed by atoms with Crippen molar-refractivity contribution in [2.24, 2.45) is 4.99 Å². The number of nitrogens with one attached hydrogen (secondary N) is 2. The van der Waals surface area contributed by atoms with Gasteiger partial charge in [-0.05, 0) is 18.2 Å². The number of halogens is 1. The number of nitrogens with zero attached hydrogens (tertiary/aromatic N) is 1. The molecule has 8 heteroatoms. The van der Waals surface area contributed by atoms with Crippen molar-refractivity contribution in [1.82, 2.24) is 0 Å². The topological polar surface area (TPSA) is 90.8 Å². The Morgan fingerprint density at radius 2 is 2.28 bits per heavy atom. The van der Waals surface area contributed by atoms with E-state index >= 15 is 0 Å². The second-order valence-corrected chi connectivity index (χ2v) is 4.72. The molecule has 1 heterocycles. The monoisotopic (exact) mass is 285 g/mol. The molecule has 6 nitrogen and oxygen atoms in total. The Hall–Kier alpha value is -1.73. The Kier molecular flexibility index (Phi) is 3.73. The lowest BCUT2D eigenvalue weighted by molar-refractivity contribution is -0.115. The van der Waals surface area contributed by atoms with Gasteiger partial charge in [-0.3, -0.25) is 10.1 Å². The standard InChI is InChI=1S/C10H8ClN3O3S/c11-6-3-5(12-10(16)17)1-2-7(6)13-9-14-8(15)4-18-9/h1-3,12H,4H2,(H,16,17)(H,13,14,15). The van der Waals surface area contributed by atoms with Gasteiger partial charge >= 0.3 is 6.09 Å². The number of benzene rings is 1. The maximum atomic E-state index is 10.9. The Bertz CT molecular complexity index is 547. The van der Waals surface area contributed by atoms with E-state index in [9.17, 15) is 9.59 Å². The SMILES string of the molecule is O=C1CSC(Nc2ccc(NC(=O)O)cc2Cl)=N1. The third kappa shape index (κ3) is 3.14. The Balaban J connectivity index is 2.12. The molecule has 0 bridgehead atoms. The molecule has 0 saturated carbocycles. The van der Waals surface area contributed by atoms with Crippen LogP contribution in [0.1, 0.15) is 0 Å². The molecule has 1 aliphatic rings. The van der Waals surface area contributed by atoms with Crippen LogP contribution in [0, 0.1) is 0 Å². The molecule has 1 aromatic carbocycles. The molecule has 2 rings (SSSR count). The average molecular weight is 286 g/mol. The summed E-state index contributed by atoms with van der Waals surface area (Å²) in [6.07, 6.45) is -1.16. The first-order chi connectivity index (χ1) is 8.54. The number of hydrogen-bond acceptors (Lipinski definition) is 4. The molecule has 1 aliphatic heterocycles. The number of rotatable bonds is 2. The molecule has 0 saturated heterocycles. The summed E-state index contributed by atoms with van der Waals surface area (Å²) in [5, 5.41) is 14.5. The van der Waals surface area contributed by atoms with Gasteiger partial charge in [0.05, 0.1) is 16.5 Å². The van der Waals surface area contributed by atoms with Gasteiger partial charge < -0.3 is 10.4 Å². The Labute approximate surface area is 111 Å². The lowest BCUT2D eigenvalue weighted by Gasteiger charge is -2.08. The summed E-state index contributed by atoms with van der Waals surface area (Å²) in [6, 6.07) is 4.64. The lowest BCUT2D eigenvalue weighted by Crippen LogP contribution is -2.08. The van der Waals surface area contributed by atoms with Crippen LogP contribution in [-0.2, 0) is 4.79 Å².